The molecular formula is C14H24N4O2S. The molecule has 1 aromatic rings. The van der Waals surface area contributed by atoms with E-state index >= 15 is 0 Å². The van der Waals surface area contributed by atoms with Crippen molar-refractivity contribution in [2.75, 3.05) is 18.1 Å². The predicted molar refractivity (Wildman–Crippen MR) is 81.0 cm³/mol. The standard InChI is InChI=1S/C14H24N4O2S/c1-18-13(9-12-10-21(19,20)8-7-15-12)16-14(17-18)11-5-3-2-4-6-11/h11-12,15H,2-10H2,1H3. The van der Waals surface area contributed by atoms with Crippen molar-refractivity contribution < 1.29 is 8.42 Å². The molecule has 6 nitrogen and oxygen atoms in total. The Morgan fingerprint density at radius 2 is 2.05 bits per heavy atom. The van der Waals surface area contributed by atoms with Crippen LogP contribution in [0.15, 0.2) is 0 Å². The minimum Gasteiger partial charge on any atom is -0.312 e. The van der Waals surface area contributed by atoms with E-state index in [1.54, 1.807) is 0 Å². The summed E-state index contributed by atoms with van der Waals surface area (Å²) in [7, 11) is -0.990. The van der Waals surface area contributed by atoms with Gasteiger partial charge < -0.3 is 5.32 Å². The van der Waals surface area contributed by atoms with Crippen LogP contribution in [0.1, 0.15) is 49.7 Å². The average molecular weight is 312 g/mol. The second-order valence-electron chi connectivity index (χ2n) is 6.31. The Labute approximate surface area is 126 Å². The van der Waals surface area contributed by atoms with Gasteiger partial charge in [-0.3, -0.25) is 4.68 Å². The Kier molecular flexibility index (Phi) is 4.31. The summed E-state index contributed by atoms with van der Waals surface area (Å²) in [5, 5.41) is 7.84. The fraction of sp³-hybridized carbons (Fsp3) is 0.857. The SMILES string of the molecule is Cn1nc(C2CCCCC2)nc1CC1CS(=O)(=O)CCN1. The van der Waals surface area contributed by atoms with Crippen LogP contribution < -0.4 is 5.32 Å². The number of aryl methyl sites for hydroxylation is 1. The average Bonchev–Trinajstić information content (AvgIpc) is 2.80. The summed E-state index contributed by atoms with van der Waals surface area (Å²) in [5.41, 5.74) is 0. The summed E-state index contributed by atoms with van der Waals surface area (Å²) in [5.74, 6) is 2.78. The van der Waals surface area contributed by atoms with Crippen molar-refractivity contribution in [2.24, 2.45) is 7.05 Å². The lowest BCUT2D eigenvalue weighted by atomic mass is 9.89. The van der Waals surface area contributed by atoms with Gasteiger partial charge in [-0.15, -0.1) is 0 Å². The lowest BCUT2D eigenvalue weighted by Crippen LogP contribution is -2.46. The highest BCUT2D eigenvalue weighted by Crippen LogP contribution is 2.30. The third kappa shape index (κ3) is 3.63. The molecule has 7 heteroatoms. The van der Waals surface area contributed by atoms with E-state index in [9.17, 15) is 8.42 Å². The lowest BCUT2D eigenvalue weighted by Gasteiger charge is -2.23. The van der Waals surface area contributed by atoms with Crippen LogP contribution in [0, 0.1) is 0 Å². The predicted octanol–water partition coefficient (Wildman–Crippen LogP) is 0.792. The molecule has 0 aromatic carbocycles. The maximum atomic E-state index is 11.7. The second-order valence-corrected chi connectivity index (χ2v) is 8.54. The van der Waals surface area contributed by atoms with Crippen LogP contribution in [0.5, 0.6) is 0 Å². The summed E-state index contributed by atoms with van der Waals surface area (Å²) in [4.78, 5) is 4.69. The highest BCUT2D eigenvalue weighted by molar-refractivity contribution is 7.91. The highest BCUT2D eigenvalue weighted by Gasteiger charge is 2.27. The zero-order valence-electron chi connectivity index (χ0n) is 12.6. The smallest absolute Gasteiger partial charge is 0.154 e. The normalized spacial score (nSPS) is 26.8. The number of aromatic nitrogens is 3. The van der Waals surface area contributed by atoms with Gasteiger partial charge >= 0.3 is 0 Å². The largest absolute Gasteiger partial charge is 0.312 e. The van der Waals surface area contributed by atoms with Crippen molar-refractivity contribution in [3.8, 4) is 0 Å². The van der Waals surface area contributed by atoms with Gasteiger partial charge in [0.1, 0.15) is 5.82 Å². The molecule has 1 aliphatic heterocycles. The molecule has 0 amide bonds. The third-order valence-corrected chi connectivity index (χ3v) is 6.31. The number of sulfone groups is 1. The van der Waals surface area contributed by atoms with Crippen LogP contribution in [0.25, 0.3) is 0 Å². The molecule has 1 aliphatic carbocycles. The summed E-state index contributed by atoms with van der Waals surface area (Å²) < 4.78 is 25.2. The van der Waals surface area contributed by atoms with E-state index in [0.717, 1.165) is 11.6 Å². The Balaban J connectivity index is 1.69. The fourth-order valence-corrected chi connectivity index (χ4v) is 4.81. The first-order valence-corrected chi connectivity index (χ1v) is 9.69. The quantitative estimate of drug-likeness (QED) is 0.893. The molecule has 2 aliphatic rings. The number of hydrogen-bond acceptors (Lipinski definition) is 5. The molecule has 1 saturated heterocycles. The molecule has 0 bridgehead atoms. The first kappa shape index (κ1) is 15.0. The summed E-state index contributed by atoms with van der Waals surface area (Å²) >= 11 is 0. The van der Waals surface area contributed by atoms with Crippen LogP contribution in [-0.2, 0) is 23.3 Å². The van der Waals surface area contributed by atoms with E-state index in [1.807, 2.05) is 11.7 Å². The molecule has 1 N–H and O–H groups in total. The molecule has 0 spiro atoms. The van der Waals surface area contributed by atoms with E-state index in [0.29, 0.717) is 18.9 Å². The number of nitrogens with zero attached hydrogens (tertiary/aromatic N) is 3. The van der Waals surface area contributed by atoms with Gasteiger partial charge in [-0.2, -0.15) is 5.10 Å². The zero-order chi connectivity index (χ0) is 14.9. The molecule has 118 valence electrons. The topological polar surface area (TPSA) is 76.9 Å². The van der Waals surface area contributed by atoms with Crippen molar-refractivity contribution >= 4 is 9.84 Å². The number of nitrogens with one attached hydrogen (secondary N) is 1. The minimum absolute atomic E-state index is 0.0362. The molecule has 1 unspecified atom stereocenters. The zero-order valence-corrected chi connectivity index (χ0v) is 13.4. The van der Waals surface area contributed by atoms with Crippen LogP contribution in [-0.4, -0.2) is 47.3 Å². The van der Waals surface area contributed by atoms with E-state index < -0.39 is 9.84 Å². The Bertz CT molecular complexity index is 590. The first-order chi connectivity index (χ1) is 10.0. The van der Waals surface area contributed by atoms with Crippen molar-refractivity contribution in [3.63, 3.8) is 0 Å². The molecule has 1 saturated carbocycles. The van der Waals surface area contributed by atoms with Crippen LogP contribution in [0.3, 0.4) is 0 Å². The Morgan fingerprint density at radius 3 is 2.76 bits per heavy atom. The number of hydrogen-bond donors (Lipinski definition) is 1. The fourth-order valence-electron chi connectivity index (χ4n) is 3.37. The van der Waals surface area contributed by atoms with Crippen LogP contribution in [0.2, 0.25) is 0 Å². The molecule has 1 aromatic heterocycles. The summed E-state index contributed by atoms with van der Waals surface area (Å²) in [6, 6.07) is -0.0362. The highest BCUT2D eigenvalue weighted by atomic mass is 32.2. The first-order valence-electron chi connectivity index (χ1n) is 7.87. The van der Waals surface area contributed by atoms with Gasteiger partial charge in [-0.1, -0.05) is 19.3 Å². The summed E-state index contributed by atoms with van der Waals surface area (Å²) in [6.07, 6.45) is 6.84. The number of rotatable bonds is 3. The van der Waals surface area contributed by atoms with Gasteiger partial charge in [0.15, 0.2) is 15.7 Å². The van der Waals surface area contributed by atoms with Crippen molar-refractivity contribution in [1.82, 2.24) is 20.1 Å². The molecule has 3 rings (SSSR count). The van der Waals surface area contributed by atoms with Crippen molar-refractivity contribution in [2.45, 2.75) is 50.5 Å². The van der Waals surface area contributed by atoms with Crippen molar-refractivity contribution in [1.29, 1.82) is 0 Å². The Hall–Kier alpha value is -0.950. The molecule has 1 atom stereocenters. The summed E-state index contributed by atoms with van der Waals surface area (Å²) in [6.45, 7) is 0.542. The van der Waals surface area contributed by atoms with Crippen LogP contribution >= 0.6 is 0 Å². The molecule has 21 heavy (non-hydrogen) atoms. The maximum absolute atomic E-state index is 11.7. The van der Waals surface area contributed by atoms with E-state index in [2.05, 4.69) is 10.4 Å². The third-order valence-electron chi connectivity index (χ3n) is 4.57. The van der Waals surface area contributed by atoms with Gasteiger partial charge in [-0.25, -0.2) is 13.4 Å². The van der Waals surface area contributed by atoms with Crippen LogP contribution in [0.4, 0.5) is 0 Å². The molecule has 2 heterocycles. The van der Waals surface area contributed by atoms with Gasteiger partial charge in [0.05, 0.1) is 11.5 Å². The molecule has 0 radical (unpaired) electrons. The maximum Gasteiger partial charge on any atom is 0.154 e. The van der Waals surface area contributed by atoms with Gasteiger partial charge in [0, 0.05) is 32.0 Å². The Morgan fingerprint density at radius 1 is 1.29 bits per heavy atom. The molecule has 2 fully saturated rings. The van der Waals surface area contributed by atoms with E-state index in [4.69, 9.17) is 4.98 Å². The van der Waals surface area contributed by atoms with Gasteiger partial charge in [0.2, 0.25) is 0 Å². The minimum atomic E-state index is -2.90. The van der Waals surface area contributed by atoms with E-state index in [-0.39, 0.29) is 17.5 Å². The van der Waals surface area contributed by atoms with Gasteiger partial charge in [0.25, 0.3) is 0 Å². The second kappa shape index (κ2) is 6.04. The van der Waals surface area contributed by atoms with Crippen molar-refractivity contribution in [3.05, 3.63) is 11.6 Å². The monoisotopic (exact) mass is 312 g/mol. The van der Waals surface area contributed by atoms with E-state index in [1.165, 1.54) is 32.1 Å². The molecular weight excluding hydrogens is 288 g/mol. The van der Waals surface area contributed by atoms with Gasteiger partial charge in [-0.05, 0) is 12.8 Å². The lowest BCUT2D eigenvalue weighted by molar-refractivity contribution is 0.427.